The van der Waals surface area contributed by atoms with Crippen molar-refractivity contribution in [1.29, 1.82) is 0 Å². The maximum absolute atomic E-state index is 14.2. The minimum Gasteiger partial charge on any atom is -0.484 e. The van der Waals surface area contributed by atoms with Crippen molar-refractivity contribution >= 4 is 22.5 Å². The monoisotopic (exact) mass is 550 g/mol. The summed E-state index contributed by atoms with van der Waals surface area (Å²) in [5.74, 6) is 0.596. The van der Waals surface area contributed by atoms with Gasteiger partial charge in [-0.3, -0.25) is 9.20 Å². The highest BCUT2D eigenvalue weighted by molar-refractivity contribution is 5.98. The summed E-state index contributed by atoms with van der Waals surface area (Å²) in [5, 5.41) is 5.43. The third-order valence-electron chi connectivity index (χ3n) is 7.07. The lowest BCUT2D eigenvalue weighted by Crippen LogP contribution is -2.23. The maximum atomic E-state index is 14.2. The van der Waals surface area contributed by atoms with E-state index in [1.54, 1.807) is 16.9 Å². The zero-order chi connectivity index (χ0) is 28.2. The van der Waals surface area contributed by atoms with Crippen LogP contribution in [0.25, 0.3) is 39.1 Å². The van der Waals surface area contributed by atoms with Crippen LogP contribution in [0, 0.1) is 12.7 Å². The molecule has 0 saturated heterocycles. The van der Waals surface area contributed by atoms with E-state index in [1.807, 2.05) is 38.1 Å². The minimum absolute atomic E-state index is 0.235. The first-order valence-electron chi connectivity index (χ1n) is 12.9. The number of rotatable bonds is 4. The summed E-state index contributed by atoms with van der Waals surface area (Å²) in [4.78, 5) is 31.8. The second-order valence-corrected chi connectivity index (χ2v) is 9.77. The van der Waals surface area contributed by atoms with Crippen molar-refractivity contribution in [2.75, 3.05) is 18.9 Å². The zero-order valence-electron chi connectivity index (χ0n) is 22.1. The molecule has 2 N–H and O–H groups in total. The van der Waals surface area contributed by atoms with E-state index < -0.39 is 17.4 Å². The Morgan fingerprint density at radius 3 is 2.76 bits per heavy atom. The number of aromatic nitrogens is 7. The number of fused-ring (bicyclic) bond motifs is 3. The molecule has 0 aliphatic carbocycles. The predicted molar refractivity (Wildman–Crippen MR) is 149 cm³/mol. The molecule has 0 saturated carbocycles. The Bertz CT molecular complexity index is 2050. The van der Waals surface area contributed by atoms with Crippen LogP contribution >= 0.6 is 0 Å². The van der Waals surface area contributed by atoms with Gasteiger partial charge < -0.3 is 15.2 Å². The first-order valence-corrected chi connectivity index (χ1v) is 12.9. The third-order valence-corrected chi connectivity index (χ3v) is 7.07. The highest BCUT2D eigenvalue weighted by atomic mass is 19.1. The molecule has 12 heteroatoms. The fourth-order valence-corrected chi connectivity index (χ4v) is 5.15. The molecule has 0 fully saturated rings. The van der Waals surface area contributed by atoms with Crippen LogP contribution in [0.2, 0.25) is 0 Å². The van der Waals surface area contributed by atoms with Gasteiger partial charge in [-0.2, -0.15) is 5.10 Å². The third kappa shape index (κ3) is 4.03. The summed E-state index contributed by atoms with van der Waals surface area (Å²) in [6, 6.07) is 11.5. The van der Waals surface area contributed by atoms with Crippen LogP contribution in [-0.2, 0) is 0 Å². The van der Waals surface area contributed by atoms with Crippen LogP contribution < -0.4 is 20.8 Å². The fourth-order valence-electron chi connectivity index (χ4n) is 5.15. The van der Waals surface area contributed by atoms with Gasteiger partial charge in [-0.05, 0) is 37.6 Å². The largest absolute Gasteiger partial charge is 0.484 e. The van der Waals surface area contributed by atoms with E-state index in [2.05, 4.69) is 15.0 Å². The molecule has 11 nitrogen and oxygen atoms in total. The van der Waals surface area contributed by atoms with E-state index in [0.29, 0.717) is 69.6 Å². The molecule has 1 aliphatic rings. The molecular formula is C29H23FN8O3. The Labute approximate surface area is 232 Å². The molecule has 6 aromatic rings. The summed E-state index contributed by atoms with van der Waals surface area (Å²) in [7, 11) is 0. The highest BCUT2D eigenvalue weighted by Gasteiger charge is 2.27. The Kier molecular flexibility index (Phi) is 5.63. The van der Waals surface area contributed by atoms with E-state index in [9.17, 15) is 9.18 Å². The lowest BCUT2D eigenvalue weighted by Gasteiger charge is -2.18. The topological polar surface area (TPSA) is 135 Å². The number of nitrogens with two attached hydrogens (primary N) is 1. The molecule has 41 heavy (non-hydrogen) atoms. The van der Waals surface area contributed by atoms with Crippen LogP contribution in [0.5, 0.6) is 11.6 Å². The number of ether oxygens (including phenoxy) is 2. The van der Waals surface area contributed by atoms with Crippen LogP contribution in [0.3, 0.4) is 0 Å². The average Bonchev–Trinajstić information content (AvgIpc) is 3.38. The molecular weight excluding hydrogens is 527 g/mol. The highest BCUT2D eigenvalue weighted by Crippen LogP contribution is 2.37. The van der Waals surface area contributed by atoms with Crippen LogP contribution in [0.1, 0.15) is 24.2 Å². The number of benzene rings is 1. The number of nitrogen functional groups attached to an aromatic ring is 1. The van der Waals surface area contributed by atoms with E-state index in [4.69, 9.17) is 25.3 Å². The van der Waals surface area contributed by atoms with E-state index >= 15 is 0 Å². The average molecular weight is 551 g/mol. The van der Waals surface area contributed by atoms with Crippen molar-refractivity contribution in [3.05, 3.63) is 88.6 Å². The van der Waals surface area contributed by atoms with Gasteiger partial charge in [0, 0.05) is 18.0 Å². The molecule has 204 valence electrons. The number of aryl methyl sites for hydroxylation is 1. The second kappa shape index (κ2) is 9.37. The molecule has 0 bridgehead atoms. The first kappa shape index (κ1) is 24.6. The van der Waals surface area contributed by atoms with Crippen molar-refractivity contribution < 1.29 is 13.9 Å². The van der Waals surface area contributed by atoms with Gasteiger partial charge in [0.15, 0.2) is 11.4 Å². The predicted octanol–water partition coefficient (Wildman–Crippen LogP) is 3.97. The number of nitrogens with zero attached hydrogens (tertiary/aromatic N) is 7. The summed E-state index contributed by atoms with van der Waals surface area (Å²) in [6.07, 6.45) is 4.13. The molecule has 1 aliphatic heterocycles. The van der Waals surface area contributed by atoms with Crippen molar-refractivity contribution in [1.82, 2.24) is 34.1 Å². The van der Waals surface area contributed by atoms with Gasteiger partial charge in [-0.15, -0.1) is 0 Å². The summed E-state index contributed by atoms with van der Waals surface area (Å²) < 4.78 is 28.4. The van der Waals surface area contributed by atoms with Crippen molar-refractivity contribution in [3.63, 3.8) is 0 Å². The Balaban J connectivity index is 1.48. The van der Waals surface area contributed by atoms with Gasteiger partial charge >= 0.3 is 0 Å². The number of hydrogen-bond donors (Lipinski definition) is 1. The first-order chi connectivity index (χ1) is 19.9. The molecule has 0 spiro atoms. The Morgan fingerprint density at radius 2 is 1.90 bits per heavy atom. The quantitative estimate of drug-likeness (QED) is 0.346. The van der Waals surface area contributed by atoms with Crippen LogP contribution in [0.15, 0.2) is 66.0 Å². The molecule has 1 aromatic carbocycles. The molecule has 0 radical (unpaired) electrons. The van der Waals surface area contributed by atoms with E-state index in [-0.39, 0.29) is 5.82 Å². The number of pyridine rings is 2. The second-order valence-electron chi connectivity index (χ2n) is 9.77. The van der Waals surface area contributed by atoms with Gasteiger partial charge in [-0.1, -0.05) is 29.8 Å². The molecule has 5 aromatic heterocycles. The number of anilines is 1. The molecule has 7 rings (SSSR count). The normalized spacial score (nSPS) is 13.5. The Morgan fingerprint density at radius 1 is 1.05 bits per heavy atom. The van der Waals surface area contributed by atoms with Gasteiger partial charge in [0.05, 0.1) is 22.7 Å². The van der Waals surface area contributed by atoms with Crippen LogP contribution in [-0.4, -0.2) is 47.3 Å². The zero-order valence-corrected chi connectivity index (χ0v) is 22.1. The Hall–Kier alpha value is -5.39. The number of halogens is 1. The van der Waals surface area contributed by atoms with Crippen LogP contribution in [0.4, 0.5) is 10.2 Å². The van der Waals surface area contributed by atoms with E-state index in [1.165, 1.54) is 22.9 Å². The summed E-state index contributed by atoms with van der Waals surface area (Å²) >= 11 is 0. The van der Waals surface area contributed by atoms with Crippen molar-refractivity contribution in [3.8, 4) is 34.0 Å². The standard InChI is InChI=1S/C29H23FN8O3/c1-15-4-3-5-17(10-15)22-24(35-21-7-6-19(30)13-37(21)29(22)39)16(2)38-27-23(26(31)33-14-34-27)25(36-38)18-11-20-28(32-12-18)41-9-8-40-20/h3-7,10-14,16H,8-9H2,1-2H3,(H2,31,33,34)/t16-/m1/s1. The molecule has 0 unspecified atom stereocenters. The minimum atomic E-state index is -0.594. The lowest BCUT2D eigenvalue weighted by atomic mass is 10.00. The number of hydrogen-bond acceptors (Lipinski definition) is 9. The summed E-state index contributed by atoms with van der Waals surface area (Å²) in [5.41, 5.74) is 10.2. The summed E-state index contributed by atoms with van der Waals surface area (Å²) in [6.45, 7) is 4.64. The van der Waals surface area contributed by atoms with E-state index in [0.717, 1.165) is 11.8 Å². The van der Waals surface area contributed by atoms with Crippen molar-refractivity contribution in [2.45, 2.75) is 19.9 Å². The molecule has 6 heterocycles. The van der Waals surface area contributed by atoms with Crippen molar-refractivity contribution in [2.24, 2.45) is 0 Å². The maximum Gasteiger partial charge on any atom is 0.266 e. The van der Waals surface area contributed by atoms with Gasteiger partial charge in [0.2, 0.25) is 0 Å². The SMILES string of the molecule is Cc1cccc(-c2c([C@@H](C)n3nc(-c4cnc5c(c4)OCCO5)c4c(N)ncnc43)nc3ccc(F)cn3c2=O)c1. The van der Waals surface area contributed by atoms with Gasteiger partial charge in [-0.25, -0.2) is 29.0 Å². The fraction of sp³-hybridized carbons (Fsp3) is 0.172. The van der Waals surface area contributed by atoms with Gasteiger partial charge in [0.25, 0.3) is 11.4 Å². The smallest absolute Gasteiger partial charge is 0.266 e. The van der Waals surface area contributed by atoms with Gasteiger partial charge in [0.1, 0.15) is 42.5 Å². The molecule has 1 atom stereocenters. The molecule has 0 amide bonds. The lowest BCUT2D eigenvalue weighted by molar-refractivity contribution is 0.164.